The fourth-order valence-electron chi connectivity index (χ4n) is 3.23. The quantitative estimate of drug-likeness (QED) is 0.301. The van der Waals surface area contributed by atoms with E-state index in [1.807, 2.05) is 24.0 Å². The molecule has 0 saturated heterocycles. The van der Waals surface area contributed by atoms with E-state index < -0.39 is 0 Å². The van der Waals surface area contributed by atoms with E-state index in [0.717, 1.165) is 44.3 Å². The van der Waals surface area contributed by atoms with Gasteiger partial charge in [-0.05, 0) is 38.1 Å². The van der Waals surface area contributed by atoms with E-state index in [0.29, 0.717) is 12.6 Å². The van der Waals surface area contributed by atoms with Crippen LogP contribution in [0, 0.1) is 0 Å². The number of guanidine groups is 1. The maximum absolute atomic E-state index is 4.72. The van der Waals surface area contributed by atoms with E-state index in [-0.39, 0.29) is 24.0 Å². The van der Waals surface area contributed by atoms with Crippen molar-refractivity contribution in [2.24, 2.45) is 12.0 Å². The summed E-state index contributed by atoms with van der Waals surface area (Å²) in [5, 5.41) is 11.1. The molecule has 0 aliphatic heterocycles. The van der Waals surface area contributed by atoms with Crippen LogP contribution in [0.3, 0.4) is 0 Å². The predicted octanol–water partition coefficient (Wildman–Crippen LogP) is 3.05. The Bertz CT molecular complexity index is 681. The summed E-state index contributed by atoms with van der Waals surface area (Å²) in [7, 11) is 1.95. The first kappa shape index (κ1) is 24.4. The number of likely N-dealkylation sites (N-methyl/N-ethyl adjacent to an activating group) is 1. The molecule has 1 heterocycles. The number of halogens is 1. The van der Waals surface area contributed by atoms with Crippen molar-refractivity contribution < 1.29 is 0 Å². The van der Waals surface area contributed by atoms with Gasteiger partial charge in [-0.2, -0.15) is 5.10 Å². The van der Waals surface area contributed by atoms with Gasteiger partial charge < -0.3 is 10.6 Å². The zero-order chi connectivity index (χ0) is 19.5. The molecule has 7 heteroatoms. The highest BCUT2D eigenvalue weighted by Crippen LogP contribution is 2.09. The van der Waals surface area contributed by atoms with Gasteiger partial charge in [0.15, 0.2) is 5.96 Å². The molecule has 2 N–H and O–H groups in total. The molecular formula is C21H35IN6. The first-order chi connectivity index (χ1) is 13.2. The molecule has 2 rings (SSSR count). The summed E-state index contributed by atoms with van der Waals surface area (Å²) in [6.07, 6.45) is 2.83. The van der Waals surface area contributed by atoms with Gasteiger partial charge >= 0.3 is 0 Å². The molecule has 0 bridgehead atoms. The molecule has 0 aliphatic rings. The summed E-state index contributed by atoms with van der Waals surface area (Å²) >= 11 is 0. The minimum atomic E-state index is 0. The molecule has 156 valence electrons. The van der Waals surface area contributed by atoms with Gasteiger partial charge in [-0.1, -0.05) is 44.2 Å². The number of rotatable bonds is 10. The first-order valence-electron chi connectivity index (χ1n) is 9.94. The molecule has 0 amide bonds. The highest BCUT2D eigenvalue weighted by molar-refractivity contribution is 14.0. The monoisotopic (exact) mass is 498 g/mol. The Balaban J connectivity index is 0.00000392. The minimum Gasteiger partial charge on any atom is -0.357 e. The van der Waals surface area contributed by atoms with E-state index in [9.17, 15) is 0 Å². The number of hydrogen-bond donors (Lipinski definition) is 2. The van der Waals surface area contributed by atoms with Crippen molar-refractivity contribution in [2.45, 2.75) is 39.8 Å². The number of hydrogen-bond acceptors (Lipinski definition) is 3. The van der Waals surface area contributed by atoms with Crippen molar-refractivity contribution in [3.8, 4) is 0 Å². The Hall–Kier alpha value is -1.61. The number of aryl methyl sites for hydroxylation is 1. The van der Waals surface area contributed by atoms with E-state index in [4.69, 9.17) is 4.99 Å². The third-order valence-electron chi connectivity index (χ3n) is 4.81. The van der Waals surface area contributed by atoms with Crippen LogP contribution in [0.5, 0.6) is 0 Å². The third kappa shape index (κ3) is 7.79. The van der Waals surface area contributed by atoms with Gasteiger partial charge in [-0.25, -0.2) is 4.99 Å². The molecule has 0 radical (unpaired) electrons. The molecule has 28 heavy (non-hydrogen) atoms. The van der Waals surface area contributed by atoms with E-state index in [2.05, 4.69) is 71.7 Å². The summed E-state index contributed by atoms with van der Waals surface area (Å²) in [4.78, 5) is 7.23. The highest BCUT2D eigenvalue weighted by Gasteiger charge is 2.17. The summed E-state index contributed by atoms with van der Waals surface area (Å²) in [5.74, 6) is 0.851. The molecule has 1 aromatic carbocycles. The van der Waals surface area contributed by atoms with Gasteiger partial charge in [-0.15, -0.1) is 24.0 Å². The van der Waals surface area contributed by atoms with Crippen molar-refractivity contribution in [1.82, 2.24) is 25.3 Å². The molecule has 0 spiro atoms. The lowest BCUT2D eigenvalue weighted by Gasteiger charge is -2.30. The number of nitrogens with zero attached hydrogens (tertiary/aromatic N) is 4. The lowest BCUT2D eigenvalue weighted by molar-refractivity contribution is 0.215. The minimum absolute atomic E-state index is 0. The second-order valence-electron chi connectivity index (χ2n) is 6.59. The fraction of sp³-hybridized carbons (Fsp3) is 0.524. The highest BCUT2D eigenvalue weighted by atomic mass is 127. The molecule has 0 aliphatic carbocycles. The maximum atomic E-state index is 4.72. The molecule has 1 unspecified atom stereocenters. The van der Waals surface area contributed by atoms with Crippen LogP contribution in [0.25, 0.3) is 0 Å². The smallest absolute Gasteiger partial charge is 0.191 e. The Kier molecular flexibility index (Phi) is 11.8. The lowest BCUT2D eigenvalue weighted by atomic mass is 10.0. The number of benzene rings is 1. The average Bonchev–Trinajstić information content (AvgIpc) is 3.10. The van der Waals surface area contributed by atoms with Crippen molar-refractivity contribution >= 4 is 29.9 Å². The lowest BCUT2D eigenvalue weighted by Crippen LogP contribution is -2.48. The molecular weight excluding hydrogens is 463 g/mol. The maximum Gasteiger partial charge on any atom is 0.191 e. The fourth-order valence-corrected chi connectivity index (χ4v) is 3.23. The predicted molar refractivity (Wildman–Crippen MR) is 128 cm³/mol. The zero-order valence-corrected chi connectivity index (χ0v) is 19.9. The number of nitrogens with one attached hydrogen (secondary N) is 2. The van der Waals surface area contributed by atoms with Gasteiger partial charge in [0.05, 0.1) is 12.2 Å². The largest absolute Gasteiger partial charge is 0.357 e. The van der Waals surface area contributed by atoms with Crippen LogP contribution in [0.1, 0.15) is 32.0 Å². The van der Waals surface area contributed by atoms with Crippen LogP contribution < -0.4 is 10.6 Å². The number of aromatic nitrogens is 2. The molecule has 6 nitrogen and oxygen atoms in total. The van der Waals surface area contributed by atoms with E-state index in [1.54, 1.807) is 0 Å². The molecule has 2 aromatic rings. The van der Waals surface area contributed by atoms with Gasteiger partial charge in [0, 0.05) is 32.4 Å². The average molecular weight is 498 g/mol. The third-order valence-corrected chi connectivity index (χ3v) is 4.81. The van der Waals surface area contributed by atoms with Gasteiger partial charge in [-0.3, -0.25) is 9.58 Å². The van der Waals surface area contributed by atoms with E-state index in [1.165, 1.54) is 5.56 Å². The Morgan fingerprint density at radius 3 is 2.39 bits per heavy atom. The summed E-state index contributed by atoms with van der Waals surface area (Å²) < 4.78 is 1.86. The van der Waals surface area contributed by atoms with Gasteiger partial charge in [0.2, 0.25) is 0 Å². The Morgan fingerprint density at radius 1 is 1.11 bits per heavy atom. The van der Waals surface area contributed by atoms with Crippen LogP contribution in [-0.2, 0) is 20.0 Å². The Morgan fingerprint density at radius 2 is 1.82 bits per heavy atom. The van der Waals surface area contributed by atoms with Crippen LogP contribution in [0.15, 0.2) is 47.6 Å². The van der Waals surface area contributed by atoms with Crippen LogP contribution >= 0.6 is 24.0 Å². The Labute approximate surface area is 186 Å². The molecule has 0 saturated carbocycles. The molecule has 1 atom stereocenters. The SMILES string of the molecule is CCNC(=NCc1ccnn1C)NCC(Cc1ccccc1)N(CC)CC.I. The van der Waals surface area contributed by atoms with Gasteiger partial charge in [0.1, 0.15) is 0 Å². The summed E-state index contributed by atoms with van der Waals surface area (Å²) in [6.45, 7) is 10.9. The van der Waals surface area contributed by atoms with Crippen LogP contribution in [-0.4, -0.2) is 52.9 Å². The van der Waals surface area contributed by atoms with Crippen LogP contribution in [0.2, 0.25) is 0 Å². The molecule has 1 aromatic heterocycles. The standard InChI is InChI=1S/C21H34N6.HI/c1-5-22-21(23-16-19-13-14-25-26(19)4)24-17-20(27(6-2)7-3)15-18-11-9-8-10-12-18;/h8-14,20H,5-7,15-17H2,1-4H3,(H2,22,23,24);1H. The second kappa shape index (κ2) is 13.5. The van der Waals surface area contributed by atoms with Crippen molar-refractivity contribution in [3.05, 3.63) is 53.9 Å². The van der Waals surface area contributed by atoms with Crippen molar-refractivity contribution in [2.75, 3.05) is 26.2 Å². The summed E-state index contributed by atoms with van der Waals surface area (Å²) in [5.41, 5.74) is 2.46. The number of aliphatic imine (C=N–C) groups is 1. The van der Waals surface area contributed by atoms with Crippen molar-refractivity contribution in [3.63, 3.8) is 0 Å². The van der Waals surface area contributed by atoms with E-state index >= 15 is 0 Å². The zero-order valence-electron chi connectivity index (χ0n) is 17.6. The second-order valence-corrected chi connectivity index (χ2v) is 6.59. The topological polar surface area (TPSA) is 57.5 Å². The van der Waals surface area contributed by atoms with Gasteiger partial charge in [0.25, 0.3) is 0 Å². The first-order valence-corrected chi connectivity index (χ1v) is 9.94. The van der Waals surface area contributed by atoms with Crippen molar-refractivity contribution in [1.29, 1.82) is 0 Å². The molecule has 0 fully saturated rings. The summed E-state index contributed by atoms with van der Waals surface area (Å²) in [6, 6.07) is 13.1. The van der Waals surface area contributed by atoms with Crippen LogP contribution in [0.4, 0.5) is 0 Å². The normalized spacial score (nSPS) is 12.5.